The van der Waals surface area contributed by atoms with Gasteiger partial charge in [-0.05, 0) is 103 Å². The molecule has 0 aliphatic rings. The third-order valence-electron chi connectivity index (χ3n) is 14.0. The number of esters is 3. The van der Waals surface area contributed by atoms with E-state index in [0.29, 0.717) is 19.3 Å². The summed E-state index contributed by atoms with van der Waals surface area (Å²) in [5.41, 5.74) is 0. The van der Waals surface area contributed by atoms with Crippen molar-refractivity contribution in [1.82, 2.24) is 0 Å². The number of unbranched alkanes of at least 4 members (excludes halogenated alkanes) is 30. The van der Waals surface area contributed by atoms with Crippen molar-refractivity contribution in [1.29, 1.82) is 0 Å². The highest BCUT2D eigenvalue weighted by molar-refractivity contribution is 5.71. The first-order valence-corrected chi connectivity index (χ1v) is 32.9. The summed E-state index contributed by atoms with van der Waals surface area (Å²) in [6.07, 6.45) is 89.7. The van der Waals surface area contributed by atoms with Gasteiger partial charge in [-0.1, -0.05) is 297 Å². The molecule has 0 radical (unpaired) electrons. The van der Waals surface area contributed by atoms with Gasteiger partial charge in [-0.2, -0.15) is 0 Å². The fraction of sp³-hybridized carbons (Fsp3) is 0.708. The second kappa shape index (κ2) is 65.6. The monoisotopic (exact) mass is 1080 g/mol. The van der Waals surface area contributed by atoms with Crippen LogP contribution in [-0.2, 0) is 28.6 Å². The molecule has 0 saturated heterocycles. The molecule has 0 rings (SSSR count). The van der Waals surface area contributed by atoms with Crippen LogP contribution in [0.2, 0.25) is 0 Å². The van der Waals surface area contributed by atoms with Crippen molar-refractivity contribution in [3.05, 3.63) is 109 Å². The minimum absolute atomic E-state index is 0.0847. The third-order valence-corrected chi connectivity index (χ3v) is 14.0. The van der Waals surface area contributed by atoms with Gasteiger partial charge in [-0.25, -0.2) is 0 Å². The van der Waals surface area contributed by atoms with Gasteiger partial charge in [-0.15, -0.1) is 0 Å². The molecule has 0 fully saturated rings. The van der Waals surface area contributed by atoms with E-state index < -0.39 is 6.10 Å². The molecule has 446 valence electrons. The van der Waals surface area contributed by atoms with Gasteiger partial charge in [-0.3, -0.25) is 14.4 Å². The average molecular weight is 1080 g/mol. The number of hydrogen-bond acceptors (Lipinski definition) is 6. The SMILES string of the molecule is CC/C=C\C/C=C\C/C=C\C/C=C\C/C=C\C/C=C\CCCCCCCCCCCCCCCCC(=O)OCC(COC(=O)CCCCC/C=C\C/C=C\C/C=C\CC)OC(=O)CCCCCCCCCCCCCCCC. The third kappa shape index (κ3) is 62.9. The van der Waals surface area contributed by atoms with Gasteiger partial charge in [0.05, 0.1) is 0 Å². The van der Waals surface area contributed by atoms with Crippen molar-refractivity contribution in [2.24, 2.45) is 0 Å². The van der Waals surface area contributed by atoms with Gasteiger partial charge in [0.25, 0.3) is 0 Å². The van der Waals surface area contributed by atoms with Crippen LogP contribution < -0.4 is 0 Å². The Morgan fingerprint density at radius 2 is 0.500 bits per heavy atom. The standard InChI is InChI=1S/C72H122O6/c1-4-7-10-13-16-19-22-25-27-28-29-30-31-32-33-34-35-36-37-38-39-40-41-42-43-44-45-48-50-53-56-59-62-65-71(74)77-68-69(67-76-70(73)64-61-58-55-52-49-46-24-21-18-15-12-9-6-3)78-72(75)66-63-60-57-54-51-47-26-23-20-17-14-11-8-5-2/h7,9-10,12,16,18-19,21,25,27,29-30,32-33,35-36,46,49,69H,4-6,8,11,13-15,17,20,22-24,26,28,31,34,37-45,47-48,50-68H2,1-3H3/b10-7-,12-9-,19-16-,21-18-,27-25-,30-29-,33-32-,36-35-,49-46-. The normalized spacial score (nSPS) is 12.8. The van der Waals surface area contributed by atoms with Crippen LogP contribution >= 0.6 is 0 Å². The molecule has 78 heavy (non-hydrogen) atoms. The van der Waals surface area contributed by atoms with Crippen LogP contribution in [-0.4, -0.2) is 37.2 Å². The fourth-order valence-electron chi connectivity index (χ4n) is 9.17. The highest BCUT2D eigenvalue weighted by Gasteiger charge is 2.19. The fourth-order valence-corrected chi connectivity index (χ4v) is 9.17. The average Bonchev–Trinajstić information content (AvgIpc) is 3.44. The lowest BCUT2D eigenvalue weighted by molar-refractivity contribution is -0.167. The van der Waals surface area contributed by atoms with Crippen LogP contribution in [0.15, 0.2) is 109 Å². The Bertz CT molecular complexity index is 1570. The Morgan fingerprint density at radius 3 is 0.795 bits per heavy atom. The minimum Gasteiger partial charge on any atom is -0.462 e. The lowest BCUT2D eigenvalue weighted by atomic mass is 10.0. The van der Waals surface area contributed by atoms with Gasteiger partial charge < -0.3 is 14.2 Å². The van der Waals surface area contributed by atoms with E-state index in [-0.39, 0.29) is 31.1 Å². The van der Waals surface area contributed by atoms with E-state index in [1.54, 1.807) is 0 Å². The van der Waals surface area contributed by atoms with Crippen molar-refractivity contribution >= 4 is 17.9 Å². The molecule has 0 aromatic rings. The Labute approximate surface area is 482 Å². The highest BCUT2D eigenvalue weighted by atomic mass is 16.6. The Hall–Kier alpha value is -3.93. The molecule has 0 N–H and O–H groups in total. The molecule has 0 aliphatic heterocycles. The number of carbonyl (C=O) groups is 3. The number of rotatable bonds is 59. The first-order chi connectivity index (χ1) is 38.5. The first kappa shape index (κ1) is 74.1. The van der Waals surface area contributed by atoms with E-state index in [2.05, 4.69) is 130 Å². The summed E-state index contributed by atoms with van der Waals surface area (Å²) < 4.78 is 16.9. The first-order valence-electron chi connectivity index (χ1n) is 32.9. The van der Waals surface area contributed by atoms with E-state index in [0.717, 1.165) is 122 Å². The van der Waals surface area contributed by atoms with Crippen LogP contribution in [0.25, 0.3) is 0 Å². The minimum atomic E-state index is -0.788. The lowest BCUT2D eigenvalue weighted by Crippen LogP contribution is -2.30. The van der Waals surface area contributed by atoms with E-state index >= 15 is 0 Å². The molecule has 1 unspecified atom stereocenters. The maximum atomic E-state index is 12.9. The quantitative estimate of drug-likeness (QED) is 0.0261. The van der Waals surface area contributed by atoms with Crippen LogP contribution in [0.3, 0.4) is 0 Å². The summed E-state index contributed by atoms with van der Waals surface area (Å²) in [7, 11) is 0. The molecule has 0 heterocycles. The van der Waals surface area contributed by atoms with Crippen LogP contribution in [0, 0.1) is 0 Å². The molecule has 6 heteroatoms. The Balaban J connectivity index is 4.18. The van der Waals surface area contributed by atoms with Gasteiger partial charge >= 0.3 is 17.9 Å². The summed E-state index contributed by atoms with van der Waals surface area (Å²) in [6, 6.07) is 0. The van der Waals surface area contributed by atoms with Crippen LogP contribution in [0.4, 0.5) is 0 Å². The number of carbonyl (C=O) groups excluding carboxylic acids is 3. The zero-order valence-corrected chi connectivity index (χ0v) is 51.2. The van der Waals surface area contributed by atoms with Crippen molar-refractivity contribution < 1.29 is 28.6 Å². The zero-order chi connectivity index (χ0) is 56.4. The van der Waals surface area contributed by atoms with Crippen molar-refractivity contribution in [3.8, 4) is 0 Å². The number of ether oxygens (including phenoxy) is 3. The molecule has 1 atom stereocenters. The van der Waals surface area contributed by atoms with Crippen LogP contribution in [0.5, 0.6) is 0 Å². The molecule has 6 nitrogen and oxygen atoms in total. The summed E-state index contributed by atoms with van der Waals surface area (Å²) >= 11 is 0. The molecule has 0 saturated carbocycles. The van der Waals surface area contributed by atoms with Gasteiger partial charge in [0, 0.05) is 19.3 Å². The summed E-state index contributed by atoms with van der Waals surface area (Å²) in [5.74, 6) is -0.905. The molecular formula is C72H122O6. The van der Waals surface area contributed by atoms with Crippen LogP contribution in [0.1, 0.15) is 310 Å². The summed E-state index contributed by atoms with van der Waals surface area (Å²) in [5, 5.41) is 0. The van der Waals surface area contributed by atoms with E-state index in [4.69, 9.17) is 14.2 Å². The number of hydrogen-bond donors (Lipinski definition) is 0. The van der Waals surface area contributed by atoms with Gasteiger partial charge in [0.2, 0.25) is 0 Å². The largest absolute Gasteiger partial charge is 0.462 e. The van der Waals surface area contributed by atoms with E-state index in [1.807, 2.05) is 0 Å². The lowest BCUT2D eigenvalue weighted by Gasteiger charge is -2.18. The number of allylic oxidation sites excluding steroid dienone is 18. The van der Waals surface area contributed by atoms with Gasteiger partial charge in [0.1, 0.15) is 13.2 Å². The Kier molecular flexibility index (Phi) is 62.3. The Morgan fingerprint density at radius 1 is 0.269 bits per heavy atom. The molecular weight excluding hydrogens is 961 g/mol. The molecule has 0 spiro atoms. The second-order valence-electron chi connectivity index (χ2n) is 21.6. The van der Waals surface area contributed by atoms with Crippen molar-refractivity contribution in [3.63, 3.8) is 0 Å². The van der Waals surface area contributed by atoms with E-state index in [1.165, 1.54) is 148 Å². The maximum Gasteiger partial charge on any atom is 0.306 e. The molecule has 0 amide bonds. The topological polar surface area (TPSA) is 78.9 Å². The highest BCUT2D eigenvalue weighted by Crippen LogP contribution is 2.17. The van der Waals surface area contributed by atoms with Crippen molar-refractivity contribution in [2.45, 2.75) is 316 Å². The predicted octanol–water partition coefficient (Wildman–Crippen LogP) is 22.6. The predicted molar refractivity (Wildman–Crippen MR) is 339 cm³/mol. The smallest absolute Gasteiger partial charge is 0.306 e. The molecule has 0 aliphatic carbocycles. The van der Waals surface area contributed by atoms with E-state index in [9.17, 15) is 14.4 Å². The van der Waals surface area contributed by atoms with Gasteiger partial charge in [0.15, 0.2) is 6.10 Å². The molecule has 0 aromatic heterocycles. The second-order valence-corrected chi connectivity index (χ2v) is 21.6. The molecule has 0 bridgehead atoms. The molecule has 0 aromatic carbocycles. The van der Waals surface area contributed by atoms with Crippen molar-refractivity contribution in [2.75, 3.05) is 13.2 Å². The zero-order valence-electron chi connectivity index (χ0n) is 51.2. The maximum absolute atomic E-state index is 12.9. The summed E-state index contributed by atoms with van der Waals surface area (Å²) in [4.78, 5) is 38.2. The summed E-state index contributed by atoms with van der Waals surface area (Å²) in [6.45, 7) is 6.41.